The molecule has 0 fully saturated rings. The van der Waals surface area contributed by atoms with Gasteiger partial charge in [-0.3, -0.25) is 20.2 Å². The summed E-state index contributed by atoms with van der Waals surface area (Å²) in [7, 11) is 0. The van der Waals surface area contributed by atoms with Crippen LogP contribution in [0.3, 0.4) is 0 Å². The van der Waals surface area contributed by atoms with Crippen LogP contribution in [0.1, 0.15) is 5.56 Å². The Labute approximate surface area is 134 Å². The minimum absolute atomic E-state index is 0.0321. The van der Waals surface area contributed by atoms with Gasteiger partial charge in [0.1, 0.15) is 5.75 Å². The number of hydrogen-bond donors (Lipinski definition) is 1. The molecule has 0 saturated heterocycles. The molecule has 0 aliphatic rings. The Morgan fingerprint density at radius 2 is 1.71 bits per heavy atom. The molecular weight excluding hydrogens is 320 g/mol. The molecule has 2 rings (SSSR count). The van der Waals surface area contributed by atoms with Crippen molar-refractivity contribution in [3.8, 4) is 23.3 Å². The van der Waals surface area contributed by atoms with Gasteiger partial charge in [-0.2, -0.15) is 0 Å². The zero-order valence-electron chi connectivity index (χ0n) is 11.8. The van der Waals surface area contributed by atoms with Crippen molar-refractivity contribution in [2.45, 2.75) is 0 Å². The van der Waals surface area contributed by atoms with Crippen LogP contribution >= 0.6 is 0 Å². The van der Waals surface area contributed by atoms with E-state index in [1.807, 2.05) is 0 Å². The zero-order chi connectivity index (χ0) is 17.7. The van der Waals surface area contributed by atoms with Crippen molar-refractivity contribution < 1.29 is 24.5 Å². The van der Waals surface area contributed by atoms with Crippen LogP contribution < -0.4 is 4.74 Å². The van der Waals surface area contributed by atoms with Crippen LogP contribution in [0.2, 0.25) is 0 Å². The van der Waals surface area contributed by atoms with Gasteiger partial charge in [-0.15, -0.1) is 0 Å². The molecule has 0 saturated carbocycles. The van der Waals surface area contributed by atoms with Crippen LogP contribution in [0.4, 0.5) is 11.4 Å². The van der Waals surface area contributed by atoms with E-state index in [9.17, 15) is 25.0 Å². The zero-order valence-corrected chi connectivity index (χ0v) is 11.8. The van der Waals surface area contributed by atoms with Gasteiger partial charge in [0.25, 0.3) is 5.69 Å². The summed E-state index contributed by atoms with van der Waals surface area (Å²) in [6, 6.07) is 8.29. The van der Waals surface area contributed by atoms with E-state index in [0.717, 1.165) is 12.1 Å². The summed E-state index contributed by atoms with van der Waals surface area (Å²) in [6.45, 7) is 0. The second-order valence-corrected chi connectivity index (χ2v) is 4.35. The molecular formula is C15H8N2O7. The van der Waals surface area contributed by atoms with Crippen LogP contribution in [0.15, 0.2) is 42.5 Å². The standard InChI is InChI=1S/C15H8N2O7/c18-12-5-1-10(2-6-12)3-8-15(19)24-14-7-4-11(16(20)21)9-13(14)17(22)23/h1-2,4-7,9,18H. The first-order valence-electron chi connectivity index (χ1n) is 6.32. The first-order chi connectivity index (χ1) is 11.4. The molecule has 0 aromatic heterocycles. The summed E-state index contributed by atoms with van der Waals surface area (Å²) in [5.41, 5.74) is -0.802. The van der Waals surface area contributed by atoms with E-state index >= 15 is 0 Å². The predicted molar refractivity (Wildman–Crippen MR) is 80.4 cm³/mol. The molecule has 0 aliphatic carbocycles. The number of benzene rings is 2. The second kappa shape index (κ2) is 6.89. The average molecular weight is 328 g/mol. The van der Waals surface area contributed by atoms with E-state index in [2.05, 4.69) is 11.8 Å². The lowest BCUT2D eigenvalue weighted by Crippen LogP contribution is -2.07. The van der Waals surface area contributed by atoms with Crippen molar-refractivity contribution in [1.82, 2.24) is 0 Å². The van der Waals surface area contributed by atoms with Gasteiger partial charge in [-0.1, -0.05) is 5.92 Å². The maximum atomic E-state index is 11.6. The van der Waals surface area contributed by atoms with Crippen molar-refractivity contribution in [2.75, 3.05) is 0 Å². The van der Waals surface area contributed by atoms with Gasteiger partial charge in [-0.25, -0.2) is 4.79 Å². The number of non-ortho nitro benzene ring substituents is 1. The third-order valence-corrected chi connectivity index (χ3v) is 2.73. The predicted octanol–water partition coefficient (Wildman–Crippen LogP) is 2.17. The van der Waals surface area contributed by atoms with Gasteiger partial charge < -0.3 is 9.84 Å². The third-order valence-electron chi connectivity index (χ3n) is 2.73. The molecule has 0 atom stereocenters. The number of phenolic OH excluding ortho intramolecular Hbond substituents is 1. The summed E-state index contributed by atoms with van der Waals surface area (Å²) in [5.74, 6) is 3.09. The molecule has 0 amide bonds. The number of ether oxygens (including phenoxy) is 1. The quantitative estimate of drug-likeness (QED) is 0.300. The number of aromatic hydroxyl groups is 1. The number of hydrogen-bond acceptors (Lipinski definition) is 7. The fourth-order valence-electron chi connectivity index (χ4n) is 1.64. The molecule has 24 heavy (non-hydrogen) atoms. The number of phenols is 1. The van der Waals surface area contributed by atoms with E-state index in [-0.39, 0.29) is 5.75 Å². The highest BCUT2D eigenvalue weighted by molar-refractivity contribution is 5.91. The van der Waals surface area contributed by atoms with Crippen LogP contribution in [0, 0.1) is 32.1 Å². The summed E-state index contributed by atoms with van der Waals surface area (Å²) in [5, 5.41) is 30.7. The molecule has 2 aromatic rings. The van der Waals surface area contributed by atoms with E-state index in [1.165, 1.54) is 24.3 Å². The van der Waals surface area contributed by atoms with Crippen LogP contribution in [0.5, 0.6) is 11.5 Å². The summed E-state index contributed by atoms with van der Waals surface area (Å²) >= 11 is 0. The number of rotatable bonds is 3. The highest BCUT2D eigenvalue weighted by Gasteiger charge is 2.22. The van der Waals surface area contributed by atoms with Crippen LogP contribution in [-0.2, 0) is 4.79 Å². The first-order valence-corrected chi connectivity index (χ1v) is 6.32. The fourth-order valence-corrected chi connectivity index (χ4v) is 1.64. The highest BCUT2D eigenvalue weighted by atomic mass is 16.6. The van der Waals surface area contributed by atoms with E-state index < -0.39 is 32.9 Å². The maximum absolute atomic E-state index is 11.6. The molecule has 0 aliphatic heterocycles. The van der Waals surface area contributed by atoms with E-state index in [4.69, 9.17) is 9.84 Å². The number of esters is 1. The lowest BCUT2D eigenvalue weighted by Gasteiger charge is -2.01. The molecule has 0 heterocycles. The van der Waals surface area contributed by atoms with Crippen molar-refractivity contribution in [1.29, 1.82) is 0 Å². The smallest absolute Gasteiger partial charge is 0.390 e. The number of carbonyl (C=O) groups is 1. The Bertz CT molecular complexity index is 879. The van der Waals surface area contributed by atoms with Gasteiger partial charge in [0.05, 0.1) is 15.9 Å². The van der Waals surface area contributed by atoms with Crippen LogP contribution in [-0.4, -0.2) is 20.9 Å². The minimum atomic E-state index is -1.07. The van der Waals surface area contributed by atoms with Gasteiger partial charge in [0.15, 0.2) is 0 Å². The van der Waals surface area contributed by atoms with Crippen molar-refractivity contribution in [3.63, 3.8) is 0 Å². The maximum Gasteiger partial charge on any atom is 0.390 e. The number of carbonyl (C=O) groups excluding carboxylic acids is 1. The van der Waals surface area contributed by atoms with E-state index in [0.29, 0.717) is 11.6 Å². The lowest BCUT2D eigenvalue weighted by atomic mass is 10.2. The third kappa shape index (κ3) is 4.05. The van der Waals surface area contributed by atoms with E-state index in [1.54, 1.807) is 0 Å². The molecule has 1 N–H and O–H groups in total. The first kappa shape index (κ1) is 16.4. The second-order valence-electron chi connectivity index (χ2n) is 4.35. The summed E-state index contributed by atoms with van der Waals surface area (Å²) < 4.78 is 4.76. The number of nitro groups is 2. The Kier molecular flexibility index (Phi) is 4.72. The number of nitro benzene ring substituents is 2. The molecule has 0 spiro atoms. The van der Waals surface area contributed by atoms with Crippen molar-refractivity contribution in [2.24, 2.45) is 0 Å². The minimum Gasteiger partial charge on any atom is -0.508 e. The molecule has 0 radical (unpaired) electrons. The summed E-state index contributed by atoms with van der Waals surface area (Å²) in [4.78, 5) is 31.5. The Balaban J connectivity index is 2.21. The average Bonchev–Trinajstić information content (AvgIpc) is 2.54. The Morgan fingerprint density at radius 3 is 2.29 bits per heavy atom. The van der Waals surface area contributed by atoms with Gasteiger partial charge >= 0.3 is 11.7 Å². The number of nitrogens with zero attached hydrogens (tertiary/aromatic N) is 2. The van der Waals surface area contributed by atoms with Gasteiger partial charge in [0, 0.05) is 17.6 Å². The molecule has 9 nitrogen and oxygen atoms in total. The molecule has 0 unspecified atom stereocenters. The van der Waals surface area contributed by atoms with Crippen molar-refractivity contribution in [3.05, 3.63) is 68.3 Å². The summed E-state index contributed by atoms with van der Waals surface area (Å²) in [6.07, 6.45) is 0. The largest absolute Gasteiger partial charge is 0.508 e. The molecule has 120 valence electrons. The fraction of sp³-hybridized carbons (Fsp3) is 0. The normalized spacial score (nSPS) is 9.50. The highest BCUT2D eigenvalue weighted by Crippen LogP contribution is 2.30. The molecule has 2 aromatic carbocycles. The van der Waals surface area contributed by atoms with Gasteiger partial charge in [0.2, 0.25) is 5.75 Å². The molecule has 9 heteroatoms. The van der Waals surface area contributed by atoms with Gasteiger partial charge in [-0.05, 0) is 30.3 Å². The SMILES string of the molecule is O=C(C#Cc1ccc(O)cc1)Oc1ccc([N+](=O)[O-])cc1[N+](=O)[O-]. The lowest BCUT2D eigenvalue weighted by molar-refractivity contribution is -0.394. The molecule has 0 bridgehead atoms. The Hall–Kier alpha value is -3.93. The Morgan fingerprint density at radius 1 is 1.04 bits per heavy atom. The van der Waals surface area contributed by atoms with Crippen molar-refractivity contribution >= 4 is 17.3 Å². The monoisotopic (exact) mass is 328 g/mol. The van der Waals surface area contributed by atoms with Crippen LogP contribution in [0.25, 0.3) is 0 Å². The topological polar surface area (TPSA) is 133 Å².